The van der Waals surface area contributed by atoms with Crippen LogP contribution in [0.1, 0.15) is 0 Å². The Morgan fingerprint density at radius 2 is 1.47 bits per heavy atom. The number of benzene rings is 1. The molecule has 0 amide bonds. The summed E-state index contributed by atoms with van der Waals surface area (Å²) < 4.78 is 0. The van der Waals surface area contributed by atoms with Gasteiger partial charge in [-0.25, -0.2) is 4.90 Å². The molecule has 15 heavy (non-hydrogen) atoms. The van der Waals surface area contributed by atoms with E-state index < -0.39 is 0 Å². The van der Waals surface area contributed by atoms with Crippen molar-refractivity contribution in [1.82, 2.24) is 0 Å². The number of rotatable bonds is 1. The summed E-state index contributed by atoms with van der Waals surface area (Å²) in [4.78, 5) is 1.36. The second-order valence-corrected chi connectivity index (χ2v) is 2.64. The summed E-state index contributed by atoms with van der Waals surface area (Å²) in [6, 6.07) is 11.4. The second-order valence-electron chi connectivity index (χ2n) is 2.26. The first kappa shape index (κ1) is 13.8. The Morgan fingerprint density at radius 3 is 1.87 bits per heavy atom. The Hall–Kier alpha value is -1.19. The molecule has 0 fully saturated rings. The average Bonchev–Trinajstić information content (AvgIpc) is 2.19. The highest BCUT2D eigenvalue weighted by Crippen LogP contribution is 2.17. The Labute approximate surface area is 104 Å². The van der Waals surface area contributed by atoms with Gasteiger partial charge in [0.05, 0.1) is 5.69 Å². The van der Waals surface area contributed by atoms with E-state index in [9.17, 15) is 0 Å². The largest absolute Gasteiger partial charge is 0.508 e. The summed E-state index contributed by atoms with van der Waals surface area (Å²) in [7, 11) is 0. The van der Waals surface area contributed by atoms with Crippen molar-refractivity contribution >= 4 is 41.3 Å². The van der Waals surface area contributed by atoms with Crippen molar-refractivity contribution in [3.05, 3.63) is 24.3 Å². The minimum atomic E-state index is 0. The molecule has 0 spiro atoms. The zero-order valence-electron chi connectivity index (χ0n) is 7.37. The third-order valence-electron chi connectivity index (χ3n) is 1.42. The van der Waals surface area contributed by atoms with Gasteiger partial charge in [-0.2, -0.15) is 0 Å². The molecule has 0 atom stereocenters. The number of hydrogen-bond acceptors (Lipinski definition) is 2. The van der Waals surface area contributed by atoms with Gasteiger partial charge in [0, 0.05) is 22.8 Å². The van der Waals surface area contributed by atoms with Crippen LogP contribution in [0, 0.1) is 22.8 Å². The molecule has 0 aliphatic carbocycles. The Bertz CT molecular complexity index is 402. The maximum absolute atomic E-state index is 9.06. The quantitative estimate of drug-likeness (QED) is 0.621. The summed E-state index contributed by atoms with van der Waals surface area (Å²) in [5.41, 5.74) is 0.684. The highest BCUT2D eigenvalue weighted by molar-refractivity contribution is 6.31. The fourth-order valence-electron chi connectivity index (χ4n) is 0.843. The molecule has 0 heterocycles. The summed E-state index contributed by atoms with van der Waals surface area (Å²) >= 11 is 10.5. The monoisotopic (exact) mass is 261 g/mol. The fourth-order valence-corrected chi connectivity index (χ4v) is 1.01. The highest BCUT2D eigenvalue weighted by atomic mass is 35.5. The van der Waals surface area contributed by atoms with Crippen LogP contribution in [0.15, 0.2) is 24.3 Å². The van der Waals surface area contributed by atoms with Gasteiger partial charge in [0.25, 0.3) is 0 Å². The molecule has 0 bridgehead atoms. The zero-order valence-corrected chi connectivity index (χ0v) is 9.70. The summed E-state index contributed by atoms with van der Waals surface area (Å²) in [6.07, 6.45) is 0. The summed E-state index contributed by atoms with van der Waals surface area (Å²) in [5, 5.41) is 13.4. The predicted molar refractivity (Wildman–Crippen MR) is 65.1 cm³/mol. The van der Waals surface area contributed by atoms with Gasteiger partial charge in [0.2, 0.25) is 0 Å². The molecule has 1 rings (SSSR count). The van der Waals surface area contributed by atoms with Gasteiger partial charge in [-0.1, -0.05) is 0 Å². The SMILES string of the molecule is Cl.Oc1ccc(N(C#CCl)C#CCl)cc1. The van der Waals surface area contributed by atoms with Crippen LogP contribution in [0.5, 0.6) is 5.75 Å². The Balaban J connectivity index is 0.00000196. The van der Waals surface area contributed by atoms with Crippen LogP contribution in [0.2, 0.25) is 0 Å². The van der Waals surface area contributed by atoms with E-state index in [0.717, 1.165) is 0 Å². The predicted octanol–water partition coefficient (Wildman–Crippen LogP) is 2.93. The number of anilines is 1. The van der Waals surface area contributed by atoms with E-state index in [1.807, 2.05) is 0 Å². The van der Waals surface area contributed by atoms with Crippen LogP contribution in [-0.2, 0) is 0 Å². The fraction of sp³-hybridized carbons (Fsp3) is 0. The lowest BCUT2D eigenvalue weighted by atomic mass is 10.3. The molecular weight excluding hydrogens is 256 g/mol. The molecule has 2 nitrogen and oxygen atoms in total. The van der Waals surface area contributed by atoms with Crippen LogP contribution in [0.4, 0.5) is 5.69 Å². The smallest absolute Gasteiger partial charge is 0.115 e. The average molecular weight is 263 g/mol. The summed E-state index contributed by atoms with van der Waals surface area (Å²) in [5.74, 6) is 0.173. The maximum Gasteiger partial charge on any atom is 0.115 e. The molecule has 0 aliphatic heterocycles. The van der Waals surface area contributed by atoms with Crippen LogP contribution < -0.4 is 4.90 Å². The van der Waals surface area contributed by atoms with Crippen LogP contribution in [0.3, 0.4) is 0 Å². The van der Waals surface area contributed by atoms with Crippen LogP contribution in [-0.4, -0.2) is 5.11 Å². The van der Waals surface area contributed by atoms with Gasteiger partial charge in [-0.3, -0.25) is 0 Å². The van der Waals surface area contributed by atoms with Crippen LogP contribution in [0.25, 0.3) is 0 Å². The molecule has 0 saturated heterocycles. The first-order chi connectivity index (χ1) is 6.77. The zero-order chi connectivity index (χ0) is 10.4. The molecule has 78 valence electrons. The van der Waals surface area contributed by atoms with Crippen molar-refractivity contribution in [1.29, 1.82) is 0 Å². The van der Waals surface area contributed by atoms with Gasteiger partial charge in [0.1, 0.15) is 5.75 Å². The van der Waals surface area contributed by atoms with Crippen molar-refractivity contribution in [2.45, 2.75) is 0 Å². The number of nitrogens with zero attached hydrogens (tertiary/aromatic N) is 1. The number of aromatic hydroxyl groups is 1. The molecule has 0 radical (unpaired) electrons. The molecule has 5 heteroatoms. The first-order valence-electron chi connectivity index (χ1n) is 3.59. The third-order valence-corrected chi connectivity index (χ3v) is 1.59. The number of halogens is 3. The molecule has 0 aliphatic rings. The summed E-state index contributed by atoms with van der Waals surface area (Å²) in [6.45, 7) is 0. The van der Waals surface area contributed by atoms with E-state index in [1.165, 1.54) is 17.0 Å². The van der Waals surface area contributed by atoms with E-state index in [2.05, 4.69) is 22.8 Å². The van der Waals surface area contributed by atoms with Gasteiger partial charge < -0.3 is 5.11 Å². The molecular formula is C10H6Cl3NO. The lowest BCUT2D eigenvalue weighted by Gasteiger charge is -2.07. The van der Waals surface area contributed by atoms with Gasteiger partial charge in [-0.15, -0.1) is 12.4 Å². The number of phenolic OH excluding ortho intramolecular Hbond substituents is 1. The third kappa shape index (κ3) is 4.23. The molecule has 1 N–H and O–H groups in total. The lowest BCUT2D eigenvalue weighted by Crippen LogP contribution is -2.07. The van der Waals surface area contributed by atoms with Crippen LogP contribution >= 0.6 is 35.6 Å². The highest BCUT2D eigenvalue weighted by Gasteiger charge is 1.99. The lowest BCUT2D eigenvalue weighted by molar-refractivity contribution is 0.475. The topological polar surface area (TPSA) is 23.5 Å². The normalized spacial score (nSPS) is 7.33. The molecule has 0 aromatic heterocycles. The number of phenols is 1. The Morgan fingerprint density at radius 1 is 1.00 bits per heavy atom. The van der Waals surface area contributed by atoms with E-state index in [0.29, 0.717) is 5.69 Å². The van der Waals surface area contributed by atoms with Crippen molar-refractivity contribution in [3.63, 3.8) is 0 Å². The van der Waals surface area contributed by atoms with E-state index in [1.54, 1.807) is 12.1 Å². The van der Waals surface area contributed by atoms with Crippen molar-refractivity contribution in [2.75, 3.05) is 4.90 Å². The van der Waals surface area contributed by atoms with E-state index in [4.69, 9.17) is 28.3 Å². The Kier molecular flexibility index (Phi) is 6.58. The van der Waals surface area contributed by atoms with Crippen molar-refractivity contribution in [2.24, 2.45) is 0 Å². The molecule has 0 unspecified atom stereocenters. The minimum absolute atomic E-state index is 0. The second kappa shape index (κ2) is 7.15. The number of hydrogen-bond donors (Lipinski definition) is 1. The van der Waals surface area contributed by atoms with Gasteiger partial charge in [-0.05, 0) is 47.5 Å². The first-order valence-corrected chi connectivity index (χ1v) is 4.35. The standard InChI is InChI=1S/C10H5Cl2NO.ClH/c11-5-7-13(8-6-12)9-1-3-10(14)4-2-9;/h1-4,14H;1H. The van der Waals surface area contributed by atoms with Crippen molar-refractivity contribution < 1.29 is 5.11 Å². The molecule has 1 aromatic carbocycles. The molecule has 1 aromatic rings. The van der Waals surface area contributed by atoms with Gasteiger partial charge >= 0.3 is 0 Å². The van der Waals surface area contributed by atoms with E-state index >= 15 is 0 Å². The van der Waals surface area contributed by atoms with E-state index in [-0.39, 0.29) is 18.2 Å². The van der Waals surface area contributed by atoms with Crippen molar-refractivity contribution in [3.8, 4) is 28.6 Å². The minimum Gasteiger partial charge on any atom is -0.508 e. The molecule has 0 saturated carbocycles. The van der Waals surface area contributed by atoms with Gasteiger partial charge in [0.15, 0.2) is 0 Å². The maximum atomic E-state index is 9.06.